The van der Waals surface area contributed by atoms with Crippen molar-refractivity contribution in [1.82, 2.24) is 0 Å². The molecule has 0 saturated carbocycles. The summed E-state index contributed by atoms with van der Waals surface area (Å²) in [5.74, 6) is -0.120. The molecule has 0 saturated heterocycles. The van der Waals surface area contributed by atoms with Crippen LogP contribution in [0.25, 0.3) is 11.5 Å². The van der Waals surface area contributed by atoms with E-state index in [9.17, 15) is 9.59 Å². The van der Waals surface area contributed by atoms with E-state index >= 15 is 0 Å². The first-order valence-corrected chi connectivity index (χ1v) is 17.0. The van der Waals surface area contributed by atoms with Crippen LogP contribution in [0.4, 0.5) is 34.1 Å². The number of fused-ring (bicyclic) bond motifs is 2. The Bertz CT molecular complexity index is 2310. The Hall–Kier alpha value is -7.18. The van der Waals surface area contributed by atoms with Crippen molar-refractivity contribution < 1.29 is 19.1 Å². The second kappa shape index (κ2) is 12.9. The quantitative estimate of drug-likeness (QED) is 0.150. The molecule has 0 radical (unpaired) electrons. The number of nitrogens with zero attached hydrogens (tertiary/aromatic N) is 2. The van der Waals surface area contributed by atoms with Crippen molar-refractivity contribution >= 4 is 57.6 Å². The molecule has 2 aliphatic heterocycles. The smallest absolute Gasteiger partial charge is 0.344 e. The van der Waals surface area contributed by atoms with Crippen molar-refractivity contribution in [2.45, 2.75) is 0 Å². The standard InChI is InChI=1S/C46H30N2O4/c49-45-41-30-40-42(46(50)52-44(40)32-23-27-38(28-24-32)48(35-17-9-3-10-18-35)36-19-11-4-12-20-36)29-39(41)43(51-45)31-21-25-37(26-22-31)47(33-13-5-1-6-14-33)34-15-7-2-8-16-34/h1-30H. The van der Waals surface area contributed by atoms with Gasteiger partial charge in [-0.3, -0.25) is 0 Å². The molecule has 0 spiro atoms. The van der Waals surface area contributed by atoms with Crippen LogP contribution >= 0.6 is 0 Å². The molecule has 7 aromatic rings. The average molecular weight is 675 g/mol. The fourth-order valence-electron chi connectivity index (χ4n) is 6.87. The highest BCUT2D eigenvalue weighted by molar-refractivity contribution is 6.03. The molecule has 52 heavy (non-hydrogen) atoms. The van der Waals surface area contributed by atoms with Crippen LogP contribution in [0, 0.1) is 0 Å². The van der Waals surface area contributed by atoms with E-state index in [0.717, 1.165) is 45.3 Å². The number of hydrogen-bond acceptors (Lipinski definition) is 6. The van der Waals surface area contributed by atoms with Crippen molar-refractivity contribution in [3.8, 4) is 0 Å². The van der Waals surface area contributed by atoms with Crippen LogP contribution in [-0.4, -0.2) is 11.9 Å². The molecule has 2 heterocycles. The number of rotatable bonds is 8. The third-order valence-corrected chi connectivity index (χ3v) is 9.31. The summed E-state index contributed by atoms with van der Waals surface area (Å²) in [6.45, 7) is 0. The Kier molecular flexibility index (Phi) is 7.67. The molecular formula is C46H30N2O4. The second-order valence-electron chi connectivity index (χ2n) is 12.5. The van der Waals surface area contributed by atoms with Crippen LogP contribution in [-0.2, 0) is 9.47 Å². The Balaban J connectivity index is 1.08. The Morgan fingerprint density at radius 2 is 0.596 bits per heavy atom. The van der Waals surface area contributed by atoms with Gasteiger partial charge in [0.05, 0.1) is 11.1 Å². The van der Waals surface area contributed by atoms with Crippen LogP contribution in [0.2, 0.25) is 0 Å². The van der Waals surface area contributed by atoms with E-state index < -0.39 is 11.9 Å². The second-order valence-corrected chi connectivity index (χ2v) is 12.5. The molecule has 7 aromatic carbocycles. The number of hydrogen-bond donors (Lipinski definition) is 0. The largest absolute Gasteiger partial charge is 0.422 e. The molecule has 0 aliphatic carbocycles. The van der Waals surface area contributed by atoms with E-state index in [1.165, 1.54) is 0 Å². The summed E-state index contributed by atoms with van der Waals surface area (Å²) >= 11 is 0. The number of carbonyl (C=O) groups is 2. The molecule has 6 nitrogen and oxygen atoms in total. The Labute approximate surface area is 300 Å². The lowest BCUT2D eigenvalue weighted by molar-refractivity contribution is 0.0698. The predicted molar refractivity (Wildman–Crippen MR) is 204 cm³/mol. The van der Waals surface area contributed by atoms with Gasteiger partial charge < -0.3 is 19.3 Å². The van der Waals surface area contributed by atoms with E-state index in [1.54, 1.807) is 12.1 Å². The number of esters is 2. The third-order valence-electron chi connectivity index (χ3n) is 9.31. The molecular weight excluding hydrogens is 645 g/mol. The minimum Gasteiger partial charge on any atom is -0.422 e. The molecule has 0 bridgehead atoms. The van der Waals surface area contributed by atoms with Crippen molar-refractivity contribution in [3.05, 3.63) is 215 Å². The van der Waals surface area contributed by atoms with Gasteiger partial charge in [-0.25, -0.2) is 9.59 Å². The van der Waals surface area contributed by atoms with Gasteiger partial charge in [-0.15, -0.1) is 0 Å². The number of ether oxygens (including phenoxy) is 2. The molecule has 0 unspecified atom stereocenters. The SMILES string of the molecule is O=C1OC(c2ccc(N(c3ccccc3)c3ccccc3)cc2)=c2cc3c(cc21)=C(c1ccc(N(c2ccccc2)c2ccccc2)cc1)OC3=O. The summed E-state index contributed by atoms with van der Waals surface area (Å²) in [4.78, 5) is 31.0. The first-order chi connectivity index (χ1) is 25.6. The summed E-state index contributed by atoms with van der Waals surface area (Å²) < 4.78 is 11.7. The molecule has 0 aromatic heterocycles. The fourth-order valence-corrected chi connectivity index (χ4v) is 6.87. The molecule has 0 amide bonds. The maximum Gasteiger partial charge on any atom is 0.344 e. The summed E-state index contributed by atoms with van der Waals surface area (Å²) in [6, 6.07) is 59.8. The summed E-state index contributed by atoms with van der Waals surface area (Å²) in [6.07, 6.45) is 0. The topological polar surface area (TPSA) is 59.1 Å². The zero-order valence-corrected chi connectivity index (χ0v) is 27.8. The van der Waals surface area contributed by atoms with E-state index in [2.05, 4.69) is 58.3 Å². The first kappa shape index (κ1) is 30.8. The Morgan fingerprint density at radius 3 is 0.885 bits per heavy atom. The van der Waals surface area contributed by atoms with Gasteiger partial charge in [-0.2, -0.15) is 0 Å². The molecule has 0 atom stereocenters. The van der Waals surface area contributed by atoms with E-state index in [0.29, 0.717) is 33.1 Å². The lowest BCUT2D eigenvalue weighted by Gasteiger charge is -2.25. The predicted octanol–water partition coefficient (Wildman–Crippen LogP) is 9.28. The monoisotopic (exact) mass is 674 g/mol. The minimum absolute atomic E-state index is 0.389. The van der Waals surface area contributed by atoms with Gasteiger partial charge in [0.15, 0.2) is 0 Å². The zero-order chi connectivity index (χ0) is 35.0. The van der Waals surface area contributed by atoms with Crippen molar-refractivity contribution in [2.24, 2.45) is 0 Å². The summed E-state index contributed by atoms with van der Waals surface area (Å²) in [5, 5.41) is 1.13. The lowest BCUT2D eigenvalue weighted by Crippen LogP contribution is -2.20. The number of para-hydroxylation sites is 4. The van der Waals surface area contributed by atoms with Crippen molar-refractivity contribution in [3.63, 3.8) is 0 Å². The highest BCUT2D eigenvalue weighted by atomic mass is 16.5. The number of anilines is 6. The highest BCUT2D eigenvalue weighted by Crippen LogP contribution is 2.37. The van der Waals surface area contributed by atoms with Gasteiger partial charge in [-0.05, 0) is 109 Å². The fraction of sp³-hybridized carbons (Fsp3) is 0. The number of benzene rings is 7. The molecule has 248 valence electrons. The number of carbonyl (C=O) groups excluding carboxylic acids is 2. The van der Waals surface area contributed by atoms with Crippen LogP contribution in [0.1, 0.15) is 31.8 Å². The lowest BCUT2D eigenvalue weighted by atomic mass is 10.0. The molecule has 0 fully saturated rings. The van der Waals surface area contributed by atoms with Gasteiger partial charge in [0.1, 0.15) is 11.5 Å². The van der Waals surface area contributed by atoms with Gasteiger partial charge in [-0.1, -0.05) is 72.8 Å². The van der Waals surface area contributed by atoms with Crippen LogP contribution in [0.5, 0.6) is 0 Å². The van der Waals surface area contributed by atoms with Gasteiger partial charge in [0.25, 0.3) is 0 Å². The normalized spacial score (nSPS) is 12.9. The summed E-state index contributed by atoms with van der Waals surface area (Å²) in [5.41, 5.74) is 8.21. The van der Waals surface area contributed by atoms with Gasteiger partial charge in [0, 0.05) is 55.7 Å². The van der Waals surface area contributed by atoms with E-state index in [-0.39, 0.29) is 0 Å². The maximum absolute atomic E-state index is 13.3. The van der Waals surface area contributed by atoms with Gasteiger partial charge in [0.2, 0.25) is 0 Å². The van der Waals surface area contributed by atoms with Crippen LogP contribution in [0.3, 0.4) is 0 Å². The van der Waals surface area contributed by atoms with E-state index in [4.69, 9.17) is 9.47 Å². The summed E-state index contributed by atoms with van der Waals surface area (Å²) in [7, 11) is 0. The Morgan fingerprint density at radius 1 is 0.327 bits per heavy atom. The van der Waals surface area contributed by atoms with Crippen molar-refractivity contribution in [2.75, 3.05) is 9.80 Å². The first-order valence-electron chi connectivity index (χ1n) is 17.0. The van der Waals surface area contributed by atoms with Gasteiger partial charge >= 0.3 is 11.9 Å². The molecule has 9 rings (SSSR count). The van der Waals surface area contributed by atoms with Crippen molar-refractivity contribution in [1.29, 1.82) is 0 Å². The van der Waals surface area contributed by atoms with Crippen LogP contribution < -0.4 is 20.2 Å². The number of cyclic esters (lactones) is 2. The molecule has 6 heteroatoms. The minimum atomic E-state index is -0.470. The highest BCUT2D eigenvalue weighted by Gasteiger charge is 2.30. The van der Waals surface area contributed by atoms with Crippen LogP contribution in [0.15, 0.2) is 182 Å². The zero-order valence-electron chi connectivity index (χ0n) is 27.8. The molecule has 0 N–H and O–H groups in total. The van der Waals surface area contributed by atoms with E-state index in [1.807, 2.05) is 121 Å². The maximum atomic E-state index is 13.3. The average Bonchev–Trinajstić information content (AvgIpc) is 3.71. The molecule has 2 aliphatic rings. The third kappa shape index (κ3) is 5.49.